The molecule has 0 N–H and O–H groups in total. The van der Waals surface area contributed by atoms with Gasteiger partial charge in [0.15, 0.2) is 5.13 Å². The maximum atomic E-state index is 13.5. The highest BCUT2D eigenvalue weighted by Crippen LogP contribution is 2.32. The normalized spacial score (nSPS) is 11.3. The van der Waals surface area contributed by atoms with Gasteiger partial charge in [-0.3, -0.25) is 9.69 Å². The van der Waals surface area contributed by atoms with E-state index >= 15 is 0 Å². The van der Waals surface area contributed by atoms with Crippen molar-refractivity contribution in [3.05, 3.63) is 53.1 Å². The number of benzene rings is 2. The SMILES string of the molecule is CCN(CC)CCN(C(=O)c1ccc(N(C)C)cc1)c1nc2c(C)cc(C)cc2s1. The second kappa shape index (κ2) is 9.58. The second-order valence-electron chi connectivity index (χ2n) is 7.85. The van der Waals surface area contributed by atoms with E-state index in [1.54, 1.807) is 11.3 Å². The van der Waals surface area contributed by atoms with E-state index in [1.165, 1.54) is 5.56 Å². The topological polar surface area (TPSA) is 39.7 Å². The molecule has 0 aliphatic rings. The maximum Gasteiger partial charge on any atom is 0.260 e. The highest BCUT2D eigenvalue weighted by Gasteiger charge is 2.22. The molecule has 0 fully saturated rings. The molecule has 1 amide bonds. The largest absolute Gasteiger partial charge is 0.378 e. The Morgan fingerprint density at radius 3 is 2.27 bits per heavy atom. The molecule has 0 bridgehead atoms. The van der Waals surface area contributed by atoms with Crippen LogP contribution in [-0.2, 0) is 0 Å². The molecule has 30 heavy (non-hydrogen) atoms. The number of anilines is 2. The molecule has 3 rings (SSSR count). The molecule has 1 aromatic heterocycles. The van der Waals surface area contributed by atoms with Crippen molar-refractivity contribution < 1.29 is 4.79 Å². The number of fused-ring (bicyclic) bond motifs is 1. The number of thiazole rings is 1. The second-order valence-corrected chi connectivity index (χ2v) is 8.86. The van der Waals surface area contributed by atoms with Gasteiger partial charge in [0, 0.05) is 38.4 Å². The molecule has 0 saturated heterocycles. The van der Waals surface area contributed by atoms with Crippen LogP contribution >= 0.6 is 11.3 Å². The van der Waals surface area contributed by atoms with Gasteiger partial charge in [0.2, 0.25) is 0 Å². The van der Waals surface area contributed by atoms with Crippen LogP contribution in [-0.4, -0.2) is 56.1 Å². The molecule has 0 unspecified atom stereocenters. The fourth-order valence-electron chi connectivity index (χ4n) is 3.60. The third-order valence-electron chi connectivity index (χ3n) is 5.46. The Morgan fingerprint density at radius 1 is 1.00 bits per heavy atom. The first-order valence-corrected chi connectivity index (χ1v) is 11.3. The zero-order chi connectivity index (χ0) is 21.8. The lowest BCUT2D eigenvalue weighted by Crippen LogP contribution is -2.38. The van der Waals surface area contributed by atoms with E-state index in [0.717, 1.165) is 46.2 Å². The van der Waals surface area contributed by atoms with Crippen molar-refractivity contribution in [2.75, 3.05) is 50.1 Å². The first-order valence-electron chi connectivity index (χ1n) is 10.5. The Hall–Kier alpha value is -2.44. The fraction of sp³-hybridized carbons (Fsp3) is 0.417. The average Bonchev–Trinajstić information content (AvgIpc) is 3.15. The van der Waals surface area contributed by atoms with Gasteiger partial charge < -0.3 is 9.80 Å². The molecule has 0 atom stereocenters. The maximum absolute atomic E-state index is 13.5. The van der Waals surface area contributed by atoms with Gasteiger partial charge in [-0.15, -0.1) is 0 Å². The van der Waals surface area contributed by atoms with E-state index in [9.17, 15) is 4.79 Å². The van der Waals surface area contributed by atoms with Crippen molar-refractivity contribution in [2.24, 2.45) is 0 Å². The van der Waals surface area contributed by atoms with Gasteiger partial charge in [0.1, 0.15) is 0 Å². The van der Waals surface area contributed by atoms with Crippen LogP contribution in [0.4, 0.5) is 10.8 Å². The van der Waals surface area contributed by atoms with E-state index in [-0.39, 0.29) is 5.91 Å². The lowest BCUT2D eigenvalue weighted by molar-refractivity contribution is 0.0984. The Balaban J connectivity index is 1.97. The standard InChI is InChI=1S/C24H32N4OS/c1-7-27(8-2)13-14-28(23(29)19-9-11-20(12-10-19)26(5)6)24-25-22-18(4)15-17(3)16-21(22)30-24/h9-12,15-16H,7-8,13-14H2,1-6H3. The quantitative estimate of drug-likeness (QED) is 0.512. The molecule has 0 aliphatic carbocycles. The lowest BCUT2D eigenvalue weighted by Gasteiger charge is -2.25. The van der Waals surface area contributed by atoms with Crippen LogP contribution in [0.25, 0.3) is 10.2 Å². The molecule has 3 aromatic rings. The molecular formula is C24H32N4OS. The fourth-order valence-corrected chi connectivity index (χ4v) is 4.76. The van der Waals surface area contributed by atoms with Crippen LogP contribution in [0.5, 0.6) is 0 Å². The minimum absolute atomic E-state index is 0.000827. The van der Waals surface area contributed by atoms with Gasteiger partial charge in [-0.05, 0) is 68.4 Å². The van der Waals surface area contributed by atoms with Crippen LogP contribution in [0.15, 0.2) is 36.4 Å². The number of carbonyl (C=O) groups is 1. The van der Waals surface area contributed by atoms with Gasteiger partial charge in [0.25, 0.3) is 5.91 Å². The van der Waals surface area contributed by atoms with Crippen molar-refractivity contribution in [3.8, 4) is 0 Å². The molecule has 0 spiro atoms. The Morgan fingerprint density at radius 2 is 1.67 bits per heavy atom. The molecule has 1 heterocycles. The number of aromatic nitrogens is 1. The number of aryl methyl sites for hydroxylation is 2. The number of amides is 1. The highest BCUT2D eigenvalue weighted by atomic mass is 32.1. The number of hydrogen-bond acceptors (Lipinski definition) is 5. The Labute approximate surface area is 183 Å². The number of likely N-dealkylation sites (N-methyl/N-ethyl adjacent to an activating group) is 1. The van der Waals surface area contributed by atoms with E-state index in [1.807, 2.05) is 48.2 Å². The molecule has 0 saturated carbocycles. The third kappa shape index (κ3) is 4.82. The minimum Gasteiger partial charge on any atom is -0.378 e. The summed E-state index contributed by atoms with van der Waals surface area (Å²) in [6.07, 6.45) is 0. The van der Waals surface area contributed by atoms with Crippen molar-refractivity contribution in [1.29, 1.82) is 0 Å². The first-order chi connectivity index (χ1) is 14.3. The summed E-state index contributed by atoms with van der Waals surface area (Å²) in [5.74, 6) is 0.000827. The van der Waals surface area contributed by atoms with Crippen LogP contribution in [0.3, 0.4) is 0 Å². The van der Waals surface area contributed by atoms with Crippen LogP contribution in [0, 0.1) is 13.8 Å². The van der Waals surface area contributed by atoms with Gasteiger partial charge in [-0.25, -0.2) is 4.98 Å². The lowest BCUT2D eigenvalue weighted by atomic mass is 10.1. The van der Waals surface area contributed by atoms with E-state index in [0.29, 0.717) is 12.1 Å². The summed E-state index contributed by atoms with van der Waals surface area (Å²) in [6.45, 7) is 11.9. The highest BCUT2D eigenvalue weighted by molar-refractivity contribution is 7.22. The van der Waals surface area contributed by atoms with E-state index in [2.05, 4.69) is 44.7 Å². The number of carbonyl (C=O) groups excluding carboxylic acids is 1. The minimum atomic E-state index is 0.000827. The molecule has 0 radical (unpaired) electrons. The number of rotatable bonds is 8. The van der Waals surface area contributed by atoms with Gasteiger partial charge >= 0.3 is 0 Å². The van der Waals surface area contributed by atoms with E-state index < -0.39 is 0 Å². The van der Waals surface area contributed by atoms with Crippen molar-refractivity contribution in [1.82, 2.24) is 9.88 Å². The summed E-state index contributed by atoms with van der Waals surface area (Å²) >= 11 is 1.60. The molecule has 5 nitrogen and oxygen atoms in total. The van der Waals surface area contributed by atoms with Gasteiger partial charge in [-0.2, -0.15) is 0 Å². The summed E-state index contributed by atoms with van der Waals surface area (Å²) in [7, 11) is 4.00. The predicted molar refractivity (Wildman–Crippen MR) is 129 cm³/mol. The number of nitrogens with zero attached hydrogens (tertiary/aromatic N) is 4. The average molecular weight is 425 g/mol. The number of hydrogen-bond donors (Lipinski definition) is 0. The van der Waals surface area contributed by atoms with Crippen LogP contribution in [0.1, 0.15) is 35.3 Å². The van der Waals surface area contributed by atoms with E-state index in [4.69, 9.17) is 4.98 Å². The monoisotopic (exact) mass is 424 g/mol. The summed E-state index contributed by atoms with van der Waals surface area (Å²) in [5, 5.41) is 0.771. The predicted octanol–water partition coefficient (Wildman–Crippen LogP) is 4.97. The molecular weight excluding hydrogens is 392 g/mol. The Kier molecular flexibility index (Phi) is 7.10. The summed E-state index contributed by atoms with van der Waals surface area (Å²) in [6, 6.07) is 12.1. The van der Waals surface area contributed by atoms with Gasteiger partial charge in [-0.1, -0.05) is 31.3 Å². The van der Waals surface area contributed by atoms with Crippen molar-refractivity contribution >= 4 is 38.3 Å². The molecule has 160 valence electrons. The van der Waals surface area contributed by atoms with Crippen molar-refractivity contribution in [2.45, 2.75) is 27.7 Å². The van der Waals surface area contributed by atoms with Crippen LogP contribution in [0.2, 0.25) is 0 Å². The Bertz CT molecular complexity index is 1010. The molecule has 6 heteroatoms. The summed E-state index contributed by atoms with van der Waals surface area (Å²) < 4.78 is 1.13. The summed E-state index contributed by atoms with van der Waals surface area (Å²) in [4.78, 5) is 24.6. The van der Waals surface area contributed by atoms with Crippen molar-refractivity contribution in [3.63, 3.8) is 0 Å². The van der Waals surface area contributed by atoms with Crippen LogP contribution < -0.4 is 9.80 Å². The smallest absolute Gasteiger partial charge is 0.260 e. The molecule has 0 aliphatic heterocycles. The zero-order valence-electron chi connectivity index (χ0n) is 18.9. The molecule has 2 aromatic carbocycles. The first kappa shape index (κ1) is 22.2. The summed E-state index contributed by atoms with van der Waals surface area (Å²) in [5.41, 5.74) is 5.12. The van der Waals surface area contributed by atoms with Gasteiger partial charge in [0.05, 0.1) is 10.2 Å². The zero-order valence-corrected chi connectivity index (χ0v) is 19.7. The third-order valence-corrected chi connectivity index (χ3v) is 6.48.